The van der Waals surface area contributed by atoms with Crippen molar-refractivity contribution in [2.24, 2.45) is 5.16 Å². The summed E-state index contributed by atoms with van der Waals surface area (Å²) in [6, 6.07) is 17.7. The quantitative estimate of drug-likeness (QED) is 0.472. The Kier molecular flexibility index (Phi) is 5.07. The molecule has 0 saturated heterocycles. The summed E-state index contributed by atoms with van der Waals surface area (Å²) in [7, 11) is 0. The zero-order valence-electron chi connectivity index (χ0n) is 11.5. The third kappa shape index (κ3) is 4.69. The molecule has 3 heteroatoms. The predicted octanol–water partition coefficient (Wildman–Crippen LogP) is 3.50. The van der Waals surface area contributed by atoms with E-state index in [1.165, 1.54) is 5.56 Å². The van der Waals surface area contributed by atoms with Gasteiger partial charge in [0.05, 0.1) is 12.6 Å². The smallest absolute Gasteiger partial charge is 0.318 e. The molecule has 0 aromatic heterocycles. The number of carbonyl (C=O) groups excluding carboxylic acids is 1. The van der Waals surface area contributed by atoms with Gasteiger partial charge in [-0.2, -0.15) is 0 Å². The number of nitrogens with zero attached hydrogens (tertiary/aromatic N) is 1. The van der Waals surface area contributed by atoms with Gasteiger partial charge in [0.25, 0.3) is 0 Å². The van der Waals surface area contributed by atoms with E-state index in [0.717, 1.165) is 11.1 Å². The van der Waals surface area contributed by atoms with Crippen LogP contribution in [0.2, 0.25) is 0 Å². The summed E-state index contributed by atoms with van der Waals surface area (Å²) in [5.41, 5.74) is 3.21. The molecular weight excluding hydrogens is 250 g/mol. The molecule has 0 bridgehead atoms. The van der Waals surface area contributed by atoms with Crippen molar-refractivity contribution in [1.29, 1.82) is 0 Å². The van der Waals surface area contributed by atoms with E-state index in [4.69, 9.17) is 4.84 Å². The fourth-order valence-corrected chi connectivity index (χ4v) is 1.74. The Morgan fingerprint density at radius 3 is 2.50 bits per heavy atom. The van der Waals surface area contributed by atoms with Crippen molar-refractivity contribution in [3.05, 3.63) is 71.3 Å². The number of carbonyl (C=O) groups is 1. The molecule has 0 fully saturated rings. The third-order valence-corrected chi connectivity index (χ3v) is 2.89. The molecule has 2 rings (SSSR count). The van der Waals surface area contributed by atoms with Crippen LogP contribution in [-0.4, -0.2) is 12.2 Å². The Hall–Kier alpha value is -2.42. The summed E-state index contributed by atoms with van der Waals surface area (Å²) in [6.07, 6.45) is 2.54. The maximum absolute atomic E-state index is 11.5. The van der Waals surface area contributed by atoms with E-state index >= 15 is 0 Å². The fraction of sp³-hybridized carbons (Fsp3) is 0.176. The average Bonchev–Trinajstić information content (AvgIpc) is 2.48. The zero-order chi connectivity index (χ0) is 14.2. The summed E-state index contributed by atoms with van der Waals surface area (Å²) in [6.45, 7) is 2.02. The fourth-order valence-electron chi connectivity index (χ4n) is 1.74. The molecule has 0 radical (unpaired) electrons. The minimum Gasteiger partial charge on any atom is -0.318 e. The highest BCUT2D eigenvalue weighted by atomic mass is 16.7. The summed E-state index contributed by atoms with van der Waals surface area (Å²) >= 11 is 0. The van der Waals surface area contributed by atoms with Gasteiger partial charge in [-0.25, -0.2) is 4.79 Å². The van der Waals surface area contributed by atoms with Crippen LogP contribution in [0.1, 0.15) is 23.1 Å². The molecule has 0 aliphatic heterocycles. The average molecular weight is 267 g/mol. The van der Waals surface area contributed by atoms with Crippen LogP contribution < -0.4 is 0 Å². The van der Waals surface area contributed by atoms with Gasteiger partial charge in [0, 0.05) is 0 Å². The van der Waals surface area contributed by atoms with Crippen molar-refractivity contribution in [3.8, 4) is 0 Å². The van der Waals surface area contributed by atoms with E-state index in [9.17, 15) is 4.79 Å². The van der Waals surface area contributed by atoms with E-state index in [-0.39, 0.29) is 5.97 Å². The Bertz CT molecular complexity index is 574. The Morgan fingerprint density at radius 2 is 1.80 bits per heavy atom. The summed E-state index contributed by atoms with van der Waals surface area (Å²) in [4.78, 5) is 16.4. The molecule has 3 nitrogen and oxygen atoms in total. The third-order valence-electron chi connectivity index (χ3n) is 2.89. The van der Waals surface area contributed by atoms with Crippen molar-refractivity contribution in [2.45, 2.75) is 19.8 Å². The SMILES string of the molecule is Cc1ccc(/C=N/OC(=O)CCc2ccccc2)cc1. The number of hydrogen-bond donors (Lipinski definition) is 0. The van der Waals surface area contributed by atoms with Crippen molar-refractivity contribution in [3.63, 3.8) is 0 Å². The Balaban J connectivity index is 1.76. The second-order valence-electron chi connectivity index (χ2n) is 4.59. The minimum absolute atomic E-state index is 0.322. The second kappa shape index (κ2) is 7.24. The van der Waals surface area contributed by atoms with Gasteiger partial charge < -0.3 is 4.84 Å². The number of oxime groups is 1. The molecule has 0 heterocycles. The molecule has 0 saturated carbocycles. The maximum Gasteiger partial charge on any atom is 0.335 e. The number of hydrogen-bond acceptors (Lipinski definition) is 3. The molecule has 102 valence electrons. The van der Waals surface area contributed by atoms with Crippen LogP contribution in [0, 0.1) is 6.92 Å². The first-order valence-corrected chi connectivity index (χ1v) is 6.58. The van der Waals surface area contributed by atoms with Crippen molar-refractivity contribution in [2.75, 3.05) is 0 Å². The summed E-state index contributed by atoms with van der Waals surface area (Å²) in [5, 5.41) is 3.71. The van der Waals surface area contributed by atoms with Gasteiger partial charge >= 0.3 is 5.97 Å². The zero-order valence-corrected chi connectivity index (χ0v) is 11.5. The van der Waals surface area contributed by atoms with Crippen molar-refractivity contribution >= 4 is 12.2 Å². The van der Waals surface area contributed by atoms with Gasteiger partial charge in [-0.3, -0.25) is 0 Å². The van der Waals surface area contributed by atoms with E-state index in [0.29, 0.717) is 12.8 Å². The number of aryl methyl sites for hydroxylation is 2. The molecule has 0 atom stereocenters. The topological polar surface area (TPSA) is 38.7 Å². The Labute approximate surface area is 118 Å². The van der Waals surface area contributed by atoms with Crippen LogP contribution in [0.5, 0.6) is 0 Å². The molecule has 0 unspecified atom stereocenters. The van der Waals surface area contributed by atoms with Crippen LogP contribution in [0.25, 0.3) is 0 Å². The van der Waals surface area contributed by atoms with Gasteiger partial charge in [0.1, 0.15) is 0 Å². The first-order chi connectivity index (χ1) is 9.74. The van der Waals surface area contributed by atoms with Crippen LogP contribution in [0.4, 0.5) is 0 Å². The Morgan fingerprint density at radius 1 is 1.10 bits per heavy atom. The van der Waals surface area contributed by atoms with E-state index in [1.54, 1.807) is 6.21 Å². The monoisotopic (exact) mass is 267 g/mol. The van der Waals surface area contributed by atoms with E-state index in [1.807, 2.05) is 61.5 Å². The first-order valence-electron chi connectivity index (χ1n) is 6.58. The summed E-state index contributed by atoms with van der Waals surface area (Å²) in [5.74, 6) is -0.322. The van der Waals surface area contributed by atoms with Gasteiger partial charge in [-0.15, -0.1) is 0 Å². The van der Waals surface area contributed by atoms with Crippen molar-refractivity contribution in [1.82, 2.24) is 0 Å². The lowest BCUT2D eigenvalue weighted by Crippen LogP contribution is -2.02. The van der Waals surface area contributed by atoms with Crippen LogP contribution >= 0.6 is 0 Å². The van der Waals surface area contributed by atoms with Gasteiger partial charge in [-0.1, -0.05) is 65.3 Å². The predicted molar refractivity (Wildman–Crippen MR) is 79.6 cm³/mol. The van der Waals surface area contributed by atoms with Crippen LogP contribution in [0.3, 0.4) is 0 Å². The maximum atomic E-state index is 11.5. The molecule has 0 spiro atoms. The van der Waals surface area contributed by atoms with E-state index in [2.05, 4.69) is 5.16 Å². The largest absolute Gasteiger partial charge is 0.335 e. The van der Waals surface area contributed by atoms with E-state index < -0.39 is 0 Å². The lowest BCUT2D eigenvalue weighted by molar-refractivity contribution is -0.143. The second-order valence-corrected chi connectivity index (χ2v) is 4.59. The lowest BCUT2D eigenvalue weighted by Gasteiger charge is -1.99. The van der Waals surface area contributed by atoms with Gasteiger partial charge in [0.2, 0.25) is 0 Å². The van der Waals surface area contributed by atoms with Crippen molar-refractivity contribution < 1.29 is 9.63 Å². The highest BCUT2D eigenvalue weighted by Crippen LogP contribution is 2.04. The molecular formula is C17H17NO2. The molecule has 2 aromatic rings. The first kappa shape index (κ1) is 14.0. The number of rotatable bonds is 5. The van der Waals surface area contributed by atoms with Crippen LogP contribution in [0.15, 0.2) is 59.8 Å². The molecule has 2 aromatic carbocycles. The number of benzene rings is 2. The molecule has 0 aliphatic rings. The molecule has 20 heavy (non-hydrogen) atoms. The molecule has 0 aliphatic carbocycles. The minimum atomic E-state index is -0.322. The molecule has 0 amide bonds. The normalized spacial score (nSPS) is 10.7. The highest BCUT2D eigenvalue weighted by Gasteiger charge is 2.02. The van der Waals surface area contributed by atoms with Gasteiger partial charge in [0.15, 0.2) is 0 Å². The molecule has 0 N–H and O–H groups in total. The lowest BCUT2D eigenvalue weighted by atomic mass is 10.1. The summed E-state index contributed by atoms with van der Waals surface area (Å²) < 4.78 is 0. The highest BCUT2D eigenvalue weighted by molar-refractivity contribution is 5.80. The van der Waals surface area contributed by atoms with Gasteiger partial charge in [-0.05, 0) is 24.5 Å². The van der Waals surface area contributed by atoms with Crippen LogP contribution in [-0.2, 0) is 16.1 Å². The standard InChI is InChI=1S/C17H17NO2/c1-14-7-9-16(10-8-14)13-18-20-17(19)12-11-15-5-3-2-4-6-15/h2-10,13H,11-12H2,1H3/b18-13+.